The Morgan fingerprint density at radius 2 is 1.62 bits per heavy atom. The number of rotatable bonds is 4. The van der Waals surface area contributed by atoms with Crippen molar-refractivity contribution in [1.29, 1.82) is 0 Å². The van der Waals surface area contributed by atoms with Crippen LogP contribution in [0.15, 0.2) is 83.8 Å². The number of piperazine rings is 1. The molecule has 0 radical (unpaired) electrons. The maximum atomic E-state index is 15.5. The second-order valence-electron chi connectivity index (χ2n) is 9.14. The Balaban J connectivity index is 1.55. The van der Waals surface area contributed by atoms with E-state index in [0.717, 1.165) is 31.9 Å². The minimum atomic E-state index is -0.351. The summed E-state index contributed by atoms with van der Waals surface area (Å²) in [6.07, 6.45) is 1.52. The first-order chi connectivity index (χ1) is 18.0. The average molecular weight is 515 g/mol. The van der Waals surface area contributed by atoms with E-state index < -0.39 is 0 Å². The number of likely N-dealkylation sites (N-methyl/N-ethyl adjacent to an activating group) is 1. The number of nitrogens with zero attached hydrogens (tertiary/aromatic N) is 6. The Bertz CT molecular complexity index is 1640. The molecule has 1 aliphatic rings. The Hall–Kier alpha value is -4.01. The monoisotopic (exact) mass is 514 g/mol. The van der Waals surface area contributed by atoms with Crippen molar-refractivity contribution in [3.8, 4) is 22.8 Å². The van der Waals surface area contributed by atoms with Gasteiger partial charge in [-0.15, -0.1) is 0 Å². The molecule has 0 bridgehead atoms. The largest absolute Gasteiger partial charge is 0.367 e. The summed E-state index contributed by atoms with van der Waals surface area (Å²) in [6, 6.07) is 21.4. The smallest absolute Gasteiger partial charge is 0.269 e. The van der Waals surface area contributed by atoms with E-state index >= 15 is 4.39 Å². The number of fused-ring (bicyclic) bond motifs is 1. The third kappa shape index (κ3) is 4.28. The van der Waals surface area contributed by atoms with Crippen LogP contribution in [0, 0.1) is 5.82 Å². The van der Waals surface area contributed by atoms with Crippen LogP contribution in [-0.2, 0) is 0 Å². The van der Waals surface area contributed by atoms with Gasteiger partial charge in [-0.1, -0.05) is 29.8 Å². The van der Waals surface area contributed by atoms with Crippen molar-refractivity contribution in [3.05, 3.63) is 100 Å². The van der Waals surface area contributed by atoms with Gasteiger partial charge in [0.05, 0.1) is 23.3 Å². The van der Waals surface area contributed by atoms with Gasteiger partial charge < -0.3 is 9.80 Å². The first kappa shape index (κ1) is 23.4. The highest BCUT2D eigenvalue weighted by Crippen LogP contribution is 2.29. The fraction of sp³-hybridized carbons (Fsp3) is 0.179. The van der Waals surface area contributed by atoms with Crippen molar-refractivity contribution in [2.75, 3.05) is 38.1 Å². The lowest BCUT2D eigenvalue weighted by Crippen LogP contribution is -2.44. The summed E-state index contributed by atoms with van der Waals surface area (Å²) in [7, 11) is 2.06. The van der Waals surface area contributed by atoms with Crippen LogP contribution >= 0.6 is 11.6 Å². The van der Waals surface area contributed by atoms with E-state index in [9.17, 15) is 4.79 Å². The highest BCUT2D eigenvalue weighted by atomic mass is 35.5. The van der Waals surface area contributed by atoms with Crippen LogP contribution in [0.2, 0.25) is 5.02 Å². The molecule has 3 heterocycles. The topological polar surface area (TPSA) is 59.2 Å². The lowest BCUT2D eigenvalue weighted by Gasteiger charge is -2.34. The van der Waals surface area contributed by atoms with E-state index in [4.69, 9.17) is 16.6 Å². The number of para-hydroxylation sites is 1. The van der Waals surface area contributed by atoms with E-state index in [1.54, 1.807) is 35.0 Å². The molecule has 0 saturated carbocycles. The van der Waals surface area contributed by atoms with Gasteiger partial charge >= 0.3 is 0 Å². The summed E-state index contributed by atoms with van der Waals surface area (Å²) in [6.45, 7) is 3.25. The molecule has 5 aromatic rings. The summed E-state index contributed by atoms with van der Waals surface area (Å²) >= 11 is 6.11. The molecule has 0 amide bonds. The summed E-state index contributed by atoms with van der Waals surface area (Å²) in [5.41, 5.74) is 2.50. The second-order valence-corrected chi connectivity index (χ2v) is 9.57. The third-order valence-electron chi connectivity index (χ3n) is 6.74. The molecule has 6 rings (SSSR count). The highest BCUT2D eigenvalue weighted by Gasteiger charge is 2.22. The normalized spacial score (nSPS) is 14.4. The molecule has 0 spiro atoms. The number of hydrogen-bond acceptors (Lipinski definition) is 5. The molecule has 3 aromatic carbocycles. The van der Waals surface area contributed by atoms with Crippen LogP contribution in [-0.4, -0.2) is 57.5 Å². The predicted octanol–water partition coefficient (Wildman–Crippen LogP) is 4.78. The first-order valence-electron chi connectivity index (χ1n) is 12.1. The highest BCUT2D eigenvalue weighted by molar-refractivity contribution is 6.30. The lowest BCUT2D eigenvalue weighted by atomic mass is 10.1. The van der Waals surface area contributed by atoms with Crippen LogP contribution < -0.4 is 10.5 Å². The van der Waals surface area contributed by atoms with Crippen LogP contribution in [0.25, 0.3) is 33.8 Å². The van der Waals surface area contributed by atoms with Gasteiger partial charge in [0.1, 0.15) is 17.0 Å². The molecule has 9 heteroatoms. The van der Waals surface area contributed by atoms with Crippen molar-refractivity contribution in [1.82, 2.24) is 24.2 Å². The number of aromatic nitrogens is 4. The molecule has 0 atom stereocenters. The number of anilines is 1. The molecule has 0 unspecified atom stereocenters. The summed E-state index contributed by atoms with van der Waals surface area (Å²) in [5.74, 6) is -0.0306. The van der Waals surface area contributed by atoms with Gasteiger partial charge in [0.25, 0.3) is 5.56 Å². The zero-order valence-electron chi connectivity index (χ0n) is 20.2. The van der Waals surface area contributed by atoms with Crippen molar-refractivity contribution in [2.45, 2.75) is 0 Å². The Morgan fingerprint density at radius 3 is 2.32 bits per heavy atom. The quantitative estimate of drug-likeness (QED) is 0.345. The SMILES string of the molecule is CN1CCN(c2ccc(-c3nc4c(cnn4-c4ccccc4)c(=O)n3-c3ccc(Cl)cc3)cc2F)CC1. The molecular formula is C28H24ClFN6O. The molecular weight excluding hydrogens is 491 g/mol. The number of halogens is 2. The summed E-state index contributed by atoms with van der Waals surface area (Å²) in [4.78, 5) is 23.0. The van der Waals surface area contributed by atoms with E-state index in [1.165, 1.54) is 16.8 Å². The number of hydrogen-bond donors (Lipinski definition) is 0. The molecule has 186 valence electrons. The van der Waals surface area contributed by atoms with Crippen LogP contribution in [0.3, 0.4) is 0 Å². The van der Waals surface area contributed by atoms with Gasteiger partial charge in [0.2, 0.25) is 0 Å². The van der Waals surface area contributed by atoms with Crippen molar-refractivity contribution < 1.29 is 4.39 Å². The molecule has 2 aromatic heterocycles. The molecule has 0 aliphatic carbocycles. The molecule has 1 saturated heterocycles. The molecule has 7 nitrogen and oxygen atoms in total. The van der Waals surface area contributed by atoms with Gasteiger partial charge in [-0.2, -0.15) is 5.10 Å². The van der Waals surface area contributed by atoms with Gasteiger partial charge in [-0.3, -0.25) is 9.36 Å². The number of benzene rings is 3. The van der Waals surface area contributed by atoms with Gasteiger partial charge in [-0.25, -0.2) is 14.1 Å². The van der Waals surface area contributed by atoms with Crippen LogP contribution in [0.4, 0.5) is 10.1 Å². The zero-order chi connectivity index (χ0) is 25.5. The van der Waals surface area contributed by atoms with E-state index in [1.807, 2.05) is 41.3 Å². The fourth-order valence-electron chi connectivity index (χ4n) is 4.70. The fourth-order valence-corrected chi connectivity index (χ4v) is 4.82. The maximum Gasteiger partial charge on any atom is 0.269 e. The van der Waals surface area contributed by atoms with Gasteiger partial charge in [-0.05, 0) is 61.6 Å². The molecule has 0 N–H and O–H groups in total. The van der Waals surface area contributed by atoms with Gasteiger partial charge in [0, 0.05) is 36.8 Å². The second kappa shape index (κ2) is 9.46. The van der Waals surface area contributed by atoms with E-state index in [0.29, 0.717) is 38.8 Å². The van der Waals surface area contributed by atoms with Gasteiger partial charge in [0.15, 0.2) is 5.65 Å². The molecule has 1 aliphatic heterocycles. The Labute approximate surface area is 218 Å². The summed E-state index contributed by atoms with van der Waals surface area (Å²) in [5, 5.41) is 5.35. The minimum absolute atomic E-state index is 0.298. The first-order valence-corrected chi connectivity index (χ1v) is 12.4. The van der Waals surface area contributed by atoms with Crippen molar-refractivity contribution >= 4 is 28.3 Å². The van der Waals surface area contributed by atoms with E-state index in [2.05, 4.69) is 17.0 Å². The van der Waals surface area contributed by atoms with Crippen molar-refractivity contribution in [2.24, 2.45) is 0 Å². The standard InChI is InChI=1S/C28H24ClFN6O/c1-33-13-15-34(16-14-33)25-12-7-19(17-24(25)30)26-32-27-23(18-31-36(27)22-5-3-2-4-6-22)28(37)35(26)21-10-8-20(29)9-11-21/h2-12,17-18H,13-16H2,1H3. The predicted molar refractivity (Wildman–Crippen MR) is 145 cm³/mol. The van der Waals surface area contributed by atoms with Crippen LogP contribution in [0.5, 0.6) is 0 Å². The zero-order valence-corrected chi connectivity index (χ0v) is 20.9. The third-order valence-corrected chi connectivity index (χ3v) is 6.99. The average Bonchev–Trinajstić information content (AvgIpc) is 3.35. The Kier molecular flexibility index (Phi) is 5.98. The summed E-state index contributed by atoms with van der Waals surface area (Å²) < 4.78 is 18.6. The Morgan fingerprint density at radius 1 is 0.892 bits per heavy atom. The lowest BCUT2D eigenvalue weighted by molar-refractivity contribution is 0.311. The van der Waals surface area contributed by atoms with Crippen LogP contribution in [0.1, 0.15) is 0 Å². The van der Waals surface area contributed by atoms with Crippen molar-refractivity contribution in [3.63, 3.8) is 0 Å². The maximum absolute atomic E-state index is 15.5. The molecule has 37 heavy (non-hydrogen) atoms. The van der Waals surface area contributed by atoms with E-state index in [-0.39, 0.29) is 11.4 Å². The minimum Gasteiger partial charge on any atom is -0.367 e. The molecule has 1 fully saturated rings.